The molecule has 1 amide bonds. The topological polar surface area (TPSA) is 112 Å². The van der Waals surface area contributed by atoms with Crippen molar-refractivity contribution in [3.05, 3.63) is 29.7 Å². The van der Waals surface area contributed by atoms with E-state index in [9.17, 15) is 31.5 Å². The molecule has 13 heteroatoms. The van der Waals surface area contributed by atoms with Crippen molar-refractivity contribution in [2.75, 3.05) is 6.61 Å². The Balaban J connectivity index is 1.57. The van der Waals surface area contributed by atoms with Crippen LogP contribution in [-0.2, 0) is 20.7 Å². The fourth-order valence-corrected chi connectivity index (χ4v) is 5.14. The summed E-state index contributed by atoms with van der Waals surface area (Å²) >= 11 is 0. The van der Waals surface area contributed by atoms with Gasteiger partial charge in [0.1, 0.15) is 6.04 Å². The van der Waals surface area contributed by atoms with Gasteiger partial charge in [-0.15, -0.1) is 0 Å². The Morgan fingerprint density at radius 2 is 2.03 bits per heavy atom. The van der Waals surface area contributed by atoms with Crippen molar-refractivity contribution in [1.29, 1.82) is 0 Å². The molecule has 3 atom stereocenters. The van der Waals surface area contributed by atoms with E-state index in [1.807, 2.05) is 5.32 Å². The highest BCUT2D eigenvalue weighted by Gasteiger charge is 2.56. The van der Waals surface area contributed by atoms with Crippen LogP contribution in [0.4, 0.5) is 22.0 Å². The highest BCUT2D eigenvalue weighted by molar-refractivity contribution is 5.90. The third-order valence-corrected chi connectivity index (χ3v) is 7.11. The second-order valence-electron chi connectivity index (χ2n) is 9.76. The zero-order valence-corrected chi connectivity index (χ0v) is 19.7. The first-order chi connectivity index (χ1) is 16.8. The summed E-state index contributed by atoms with van der Waals surface area (Å²) in [4.78, 5) is 29.4. The maximum absolute atomic E-state index is 13.5. The first-order valence-corrected chi connectivity index (χ1v) is 11.8. The zero-order chi connectivity index (χ0) is 26.3. The van der Waals surface area contributed by atoms with E-state index in [0.29, 0.717) is 16.9 Å². The van der Waals surface area contributed by atoms with Crippen molar-refractivity contribution in [1.82, 2.24) is 19.9 Å². The quantitative estimate of drug-likeness (QED) is 0.430. The molecule has 8 nitrogen and oxygen atoms in total. The molecule has 0 radical (unpaired) electrons. The van der Waals surface area contributed by atoms with Crippen LogP contribution in [0.3, 0.4) is 0 Å². The zero-order valence-electron chi connectivity index (χ0n) is 19.7. The summed E-state index contributed by atoms with van der Waals surface area (Å²) in [5.74, 6) is -4.49. The molecule has 0 aromatic carbocycles. The lowest BCUT2D eigenvalue weighted by Gasteiger charge is -2.31. The van der Waals surface area contributed by atoms with E-state index in [0.717, 1.165) is 0 Å². The molecule has 2 aliphatic rings. The van der Waals surface area contributed by atoms with Gasteiger partial charge in [-0.2, -0.15) is 18.3 Å². The molecule has 1 aliphatic heterocycles. The number of halogens is 5. The van der Waals surface area contributed by atoms with Crippen molar-refractivity contribution >= 4 is 17.5 Å². The van der Waals surface area contributed by atoms with E-state index in [2.05, 4.69) is 10.1 Å². The number of carbonyl (C=O) groups is 2. The number of fused-ring (bicyclic) bond motifs is 1. The molecule has 198 valence electrons. The third kappa shape index (κ3) is 5.45. The van der Waals surface area contributed by atoms with Crippen LogP contribution in [0.15, 0.2) is 18.5 Å². The van der Waals surface area contributed by atoms with Gasteiger partial charge in [0.25, 0.3) is 0 Å². The molecule has 36 heavy (non-hydrogen) atoms. The van der Waals surface area contributed by atoms with Gasteiger partial charge in [0.15, 0.2) is 5.65 Å². The van der Waals surface area contributed by atoms with E-state index in [1.54, 1.807) is 19.2 Å². The minimum atomic E-state index is -4.66. The predicted octanol–water partition coefficient (Wildman–Crippen LogP) is 3.49. The van der Waals surface area contributed by atoms with Crippen LogP contribution in [-0.4, -0.2) is 51.2 Å². The molecule has 0 spiro atoms. The number of rotatable bonds is 7. The molecule has 0 bridgehead atoms. The molecule has 2 fully saturated rings. The van der Waals surface area contributed by atoms with Crippen LogP contribution in [0.5, 0.6) is 0 Å². The number of aromatic nitrogens is 3. The molecular formula is C23H28F5N5O3. The number of esters is 1. The Labute approximate surface area is 203 Å². The van der Waals surface area contributed by atoms with E-state index in [-0.39, 0.29) is 44.6 Å². The van der Waals surface area contributed by atoms with Gasteiger partial charge in [-0.05, 0) is 50.2 Å². The number of carbonyl (C=O) groups excluding carboxylic acids is 2. The first kappa shape index (κ1) is 26.2. The molecule has 4 rings (SSSR count). The lowest BCUT2D eigenvalue weighted by atomic mass is 9.76. The van der Waals surface area contributed by atoms with Crippen LogP contribution >= 0.6 is 0 Å². The average molecular weight is 517 g/mol. The average Bonchev–Trinajstić information content (AvgIpc) is 3.34. The Hall–Kier alpha value is -2.83. The standard InChI is InChI=1S/C23H28F5N5O3/c1-2-36-18(34)10-21(9-16(23(26,27)28)32-20(21)35)8-13-7-17-31-15(12-33(17)30-11-13)19(29)14-3-5-22(24,25)6-4-14/h7,11-12,14,16,19H,2-6,8-10,29H2,1H3,(H,32,35)/t16-,19-,21-/m0/s1. The van der Waals surface area contributed by atoms with E-state index < -0.39 is 54.3 Å². The van der Waals surface area contributed by atoms with Crippen LogP contribution in [0.2, 0.25) is 0 Å². The summed E-state index contributed by atoms with van der Waals surface area (Å²) in [5, 5.41) is 6.21. The monoisotopic (exact) mass is 517 g/mol. The second kappa shape index (κ2) is 9.56. The minimum Gasteiger partial charge on any atom is -0.466 e. The number of hydrogen-bond acceptors (Lipinski definition) is 6. The lowest BCUT2D eigenvalue weighted by Crippen LogP contribution is -2.39. The number of amides is 1. The maximum atomic E-state index is 13.5. The van der Waals surface area contributed by atoms with Crippen molar-refractivity contribution < 1.29 is 36.3 Å². The highest BCUT2D eigenvalue weighted by atomic mass is 19.4. The number of nitrogens with one attached hydrogen (secondary N) is 1. The Bertz CT molecular complexity index is 1130. The Morgan fingerprint density at radius 3 is 2.64 bits per heavy atom. The number of ether oxygens (including phenoxy) is 1. The predicted molar refractivity (Wildman–Crippen MR) is 117 cm³/mol. The van der Waals surface area contributed by atoms with Gasteiger partial charge in [0.05, 0.1) is 42.6 Å². The highest BCUT2D eigenvalue weighted by Crippen LogP contribution is 2.43. The van der Waals surface area contributed by atoms with Gasteiger partial charge < -0.3 is 15.8 Å². The SMILES string of the molecule is CCOC(=O)C[C@]1(Cc2cnn3cc([C@@H](N)C4CCC(F)(F)CC4)nc3c2)C[C@@H](C(F)(F)F)NC1=O. The van der Waals surface area contributed by atoms with Gasteiger partial charge in [0, 0.05) is 12.8 Å². The molecular weight excluding hydrogens is 489 g/mol. The largest absolute Gasteiger partial charge is 0.466 e. The number of hydrogen-bond donors (Lipinski definition) is 2. The van der Waals surface area contributed by atoms with Gasteiger partial charge >= 0.3 is 12.1 Å². The molecule has 2 aromatic rings. The van der Waals surface area contributed by atoms with Gasteiger partial charge in [-0.3, -0.25) is 9.59 Å². The lowest BCUT2D eigenvalue weighted by molar-refractivity contribution is -0.156. The summed E-state index contributed by atoms with van der Waals surface area (Å²) in [6.07, 6.45) is -2.91. The van der Waals surface area contributed by atoms with Gasteiger partial charge in [-0.1, -0.05) is 0 Å². The van der Waals surface area contributed by atoms with Gasteiger partial charge in [-0.25, -0.2) is 18.3 Å². The number of nitrogens with two attached hydrogens (primary N) is 1. The summed E-state index contributed by atoms with van der Waals surface area (Å²) < 4.78 is 73.5. The van der Waals surface area contributed by atoms with Crippen molar-refractivity contribution in [3.63, 3.8) is 0 Å². The van der Waals surface area contributed by atoms with Crippen LogP contribution in [0.25, 0.3) is 5.65 Å². The normalized spacial score (nSPS) is 25.6. The van der Waals surface area contributed by atoms with Crippen molar-refractivity contribution in [2.45, 2.75) is 76.1 Å². The summed E-state index contributed by atoms with van der Waals surface area (Å²) in [5.41, 5.74) is 5.87. The van der Waals surface area contributed by atoms with E-state index in [1.165, 1.54) is 10.7 Å². The summed E-state index contributed by atoms with van der Waals surface area (Å²) in [6.45, 7) is 1.59. The number of nitrogens with zero attached hydrogens (tertiary/aromatic N) is 3. The minimum absolute atomic E-state index is 0.0302. The van der Waals surface area contributed by atoms with Gasteiger partial charge in [0.2, 0.25) is 11.8 Å². The molecule has 2 aromatic heterocycles. The molecule has 3 N–H and O–H groups in total. The van der Waals surface area contributed by atoms with Crippen LogP contribution in [0, 0.1) is 11.3 Å². The Morgan fingerprint density at radius 1 is 1.33 bits per heavy atom. The van der Waals surface area contributed by atoms with Crippen LogP contribution in [0.1, 0.15) is 62.7 Å². The molecule has 0 unspecified atom stereocenters. The van der Waals surface area contributed by atoms with E-state index >= 15 is 0 Å². The van der Waals surface area contributed by atoms with Crippen LogP contribution < -0.4 is 11.1 Å². The van der Waals surface area contributed by atoms with Crippen molar-refractivity contribution in [3.8, 4) is 0 Å². The molecule has 1 saturated heterocycles. The second-order valence-corrected chi connectivity index (χ2v) is 9.76. The Kier molecular flexibility index (Phi) is 6.97. The summed E-state index contributed by atoms with van der Waals surface area (Å²) in [6, 6.07) is -1.08. The molecule has 1 saturated carbocycles. The third-order valence-electron chi connectivity index (χ3n) is 7.11. The molecule has 3 heterocycles. The fraction of sp³-hybridized carbons (Fsp3) is 0.652. The fourth-order valence-electron chi connectivity index (χ4n) is 5.14. The maximum Gasteiger partial charge on any atom is 0.408 e. The van der Waals surface area contributed by atoms with E-state index in [4.69, 9.17) is 10.5 Å². The first-order valence-electron chi connectivity index (χ1n) is 11.8. The number of alkyl halides is 5. The summed E-state index contributed by atoms with van der Waals surface area (Å²) in [7, 11) is 0. The molecule has 1 aliphatic carbocycles. The number of imidazole rings is 1. The smallest absolute Gasteiger partial charge is 0.408 e. The van der Waals surface area contributed by atoms with Crippen molar-refractivity contribution in [2.24, 2.45) is 17.1 Å².